The first-order chi connectivity index (χ1) is 9.04. The van der Waals surface area contributed by atoms with Crippen LogP contribution in [0.4, 0.5) is 14.5 Å². The van der Waals surface area contributed by atoms with Gasteiger partial charge in [0, 0.05) is 33.8 Å². The van der Waals surface area contributed by atoms with Gasteiger partial charge < -0.3 is 5.32 Å². The SMILES string of the molecule is Fc1ccc(C2Cc3c(Cl)cc(Cl)cc3N2)c(F)c1. The van der Waals surface area contributed by atoms with Gasteiger partial charge in [-0.15, -0.1) is 0 Å². The quantitative estimate of drug-likeness (QED) is 0.783. The highest BCUT2D eigenvalue weighted by molar-refractivity contribution is 6.35. The van der Waals surface area contributed by atoms with Crippen LogP contribution in [-0.2, 0) is 6.42 Å². The summed E-state index contributed by atoms with van der Waals surface area (Å²) in [5.74, 6) is -1.15. The van der Waals surface area contributed by atoms with Gasteiger partial charge in [0.05, 0.1) is 6.04 Å². The van der Waals surface area contributed by atoms with Crippen molar-refractivity contribution in [2.75, 3.05) is 5.32 Å². The van der Waals surface area contributed by atoms with Crippen molar-refractivity contribution >= 4 is 28.9 Å². The second kappa shape index (κ2) is 4.66. The lowest BCUT2D eigenvalue weighted by Crippen LogP contribution is -2.08. The number of anilines is 1. The van der Waals surface area contributed by atoms with E-state index in [1.807, 2.05) is 0 Å². The fraction of sp³-hybridized carbons (Fsp3) is 0.143. The summed E-state index contributed by atoms with van der Waals surface area (Å²) in [6, 6.07) is 6.74. The minimum Gasteiger partial charge on any atom is -0.377 e. The number of fused-ring (bicyclic) bond motifs is 1. The summed E-state index contributed by atoms with van der Waals surface area (Å²) in [4.78, 5) is 0. The van der Waals surface area contributed by atoms with Crippen molar-refractivity contribution in [3.05, 3.63) is 63.1 Å². The van der Waals surface area contributed by atoms with E-state index in [1.165, 1.54) is 12.1 Å². The second-order valence-electron chi connectivity index (χ2n) is 4.48. The van der Waals surface area contributed by atoms with Gasteiger partial charge in [0.2, 0.25) is 0 Å². The highest BCUT2D eigenvalue weighted by atomic mass is 35.5. The molecule has 2 aromatic carbocycles. The molecule has 0 saturated heterocycles. The number of halogens is 4. The molecule has 0 aliphatic carbocycles. The molecule has 0 fully saturated rings. The van der Waals surface area contributed by atoms with Crippen LogP contribution in [-0.4, -0.2) is 0 Å². The van der Waals surface area contributed by atoms with Crippen LogP contribution in [0.1, 0.15) is 17.2 Å². The van der Waals surface area contributed by atoms with E-state index >= 15 is 0 Å². The van der Waals surface area contributed by atoms with E-state index in [9.17, 15) is 8.78 Å². The molecule has 0 amide bonds. The van der Waals surface area contributed by atoms with Crippen LogP contribution in [0.3, 0.4) is 0 Å². The molecule has 5 heteroatoms. The maximum absolute atomic E-state index is 13.8. The van der Waals surface area contributed by atoms with E-state index in [0.29, 0.717) is 22.0 Å². The van der Waals surface area contributed by atoms with Gasteiger partial charge in [0.1, 0.15) is 11.6 Å². The van der Waals surface area contributed by atoms with Crippen molar-refractivity contribution in [1.29, 1.82) is 0 Å². The third-order valence-corrected chi connectivity index (χ3v) is 3.79. The highest BCUT2D eigenvalue weighted by Crippen LogP contribution is 2.40. The van der Waals surface area contributed by atoms with Crippen LogP contribution in [0.25, 0.3) is 0 Å². The predicted octanol–water partition coefficient (Wildman–Crippen LogP) is 4.98. The van der Waals surface area contributed by atoms with Gasteiger partial charge in [0.15, 0.2) is 0 Å². The summed E-state index contributed by atoms with van der Waals surface area (Å²) in [6.45, 7) is 0. The van der Waals surface area contributed by atoms with E-state index in [2.05, 4.69) is 5.32 Å². The van der Waals surface area contributed by atoms with Gasteiger partial charge in [-0.25, -0.2) is 8.78 Å². The number of hydrogen-bond donors (Lipinski definition) is 1. The largest absolute Gasteiger partial charge is 0.377 e. The first kappa shape index (κ1) is 12.7. The minimum absolute atomic E-state index is 0.258. The Labute approximate surface area is 119 Å². The fourth-order valence-electron chi connectivity index (χ4n) is 2.35. The van der Waals surface area contributed by atoms with Gasteiger partial charge in [-0.1, -0.05) is 29.3 Å². The Balaban J connectivity index is 1.97. The normalized spacial score (nSPS) is 17.2. The molecule has 98 valence electrons. The zero-order valence-electron chi connectivity index (χ0n) is 9.68. The molecule has 1 unspecified atom stereocenters. The third-order valence-electron chi connectivity index (χ3n) is 3.24. The molecule has 0 bridgehead atoms. The number of benzene rings is 2. The summed E-state index contributed by atoms with van der Waals surface area (Å²) in [7, 11) is 0. The Hall–Kier alpha value is -1.32. The molecule has 0 saturated carbocycles. The third kappa shape index (κ3) is 2.28. The van der Waals surface area contributed by atoms with Crippen LogP contribution in [0, 0.1) is 11.6 Å². The summed E-state index contributed by atoms with van der Waals surface area (Å²) in [5.41, 5.74) is 2.12. The van der Waals surface area contributed by atoms with Gasteiger partial charge >= 0.3 is 0 Å². The maximum atomic E-state index is 13.8. The standard InChI is InChI=1S/C14H9Cl2F2N/c15-7-3-11(16)10-6-14(19-13(10)4-7)9-2-1-8(17)5-12(9)18/h1-5,14,19H,6H2. The van der Waals surface area contributed by atoms with Crippen molar-refractivity contribution in [1.82, 2.24) is 0 Å². The van der Waals surface area contributed by atoms with E-state index in [4.69, 9.17) is 23.2 Å². The molecular formula is C14H9Cl2F2N. The van der Waals surface area contributed by atoms with Crippen LogP contribution in [0.2, 0.25) is 10.0 Å². The van der Waals surface area contributed by atoms with E-state index in [1.54, 1.807) is 12.1 Å². The average Bonchev–Trinajstić information content (AvgIpc) is 2.72. The zero-order chi connectivity index (χ0) is 13.6. The lowest BCUT2D eigenvalue weighted by Gasteiger charge is -2.12. The Kier molecular flexibility index (Phi) is 3.11. The molecule has 3 rings (SSSR count). The topological polar surface area (TPSA) is 12.0 Å². The van der Waals surface area contributed by atoms with Gasteiger partial charge in [0.25, 0.3) is 0 Å². The van der Waals surface area contributed by atoms with Crippen molar-refractivity contribution < 1.29 is 8.78 Å². The van der Waals surface area contributed by atoms with E-state index in [-0.39, 0.29) is 6.04 Å². The van der Waals surface area contributed by atoms with Crippen LogP contribution in [0.5, 0.6) is 0 Å². The Morgan fingerprint density at radius 1 is 1.11 bits per heavy atom. The van der Waals surface area contributed by atoms with Crippen molar-refractivity contribution in [2.45, 2.75) is 12.5 Å². The zero-order valence-corrected chi connectivity index (χ0v) is 11.2. The first-order valence-corrected chi connectivity index (χ1v) is 6.49. The van der Waals surface area contributed by atoms with Gasteiger partial charge in [-0.2, -0.15) is 0 Å². The van der Waals surface area contributed by atoms with Gasteiger partial charge in [-0.3, -0.25) is 0 Å². The summed E-state index contributed by atoms with van der Waals surface area (Å²) < 4.78 is 26.7. The molecule has 1 aliphatic rings. The van der Waals surface area contributed by atoms with Crippen molar-refractivity contribution in [3.63, 3.8) is 0 Å². The van der Waals surface area contributed by atoms with Crippen LogP contribution < -0.4 is 5.32 Å². The molecule has 1 aliphatic heterocycles. The molecule has 19 heavy (non-hydrogen) atoms. The average molecular weight is 300 g/mol. The Morgan fingerprint density at radius 2 is 1.89 bits per heavy atom. The molecule has 1 atom stereocenters. The van der Waals surface area contributed by atoms with Crippen molar-refractivity contribution in [3.8, 4) is 0 Å². The summed E-state index contributed by atoms with van der Waals surface area (Å²) in [5, 5.41) is 4.24. The molecule has 0 radical (unpaired) electrons. The van der Waals surface area contributed by atoms with Gasteiger partial charge in [-0.05, 0) is 23.8 Å². The summed E-state index contributed by atoms with van der Waals surface area (Å²) >= 11 is 12.0. The van der Waals surface area contributed by atoms with Crippen molar-refractivity contribution in [2.24, 2.45) is 0 Å². The smallest absolute Gasteiger partial charge is 0.131 e. The number of hydrogen-bond acceptors (Lipinski definition) is 1. The maximum Gasteiger partial charge on any atom is 0.131 e. The molecule has 1 nitrogen and oxygen atoms in total. The monoisotopic (exact) mass is 299 g/mol. The molecule has 2 aromatic rings. The molecule has 1 N–H and O–H groups in total. The number of rotatable bonds is 1. The molecule has 1 heterocycles. The minimum atomic E-state index is -0.585. The van der Waals surface area contributed by atoms with E-state index < -0.39 is 11.6 Å². The molecule has 0 aromatic heterocycles. The lowest BCUT2D eigenvalue weighted by atomic mass is 10.0. The predicted molar refractivity (Wildman–Crippen MR) is 72.9 cm³/mol. The first-order valence-electron chi connectivity index (χ1n) is 5.74. The lowest BCUT2D eigenvalue weighted by molar-refractivity contribution is 0.563. The summed E-state index contributed by atoms with van der Waals surface area (Å²) in [6.07, 6.45) is 0.549. The molecule has 0 spiro atoms. The molecular weight excluding hydrogens is 291 g/mol. The number of nitrogens with one attached hydrogen (secondary N) is 1. The fourth-order valence-corrected chi connectivity index (χ4v) is 2.92. The Morgan fingerprint density at radius 3 is 2.63 bits per heavy atom. The Bertz CT molecular complexity index is 658. The second-order valence-corrected chi connectivity index (χ2v) is 5.32. The highest BCUT2D eigenvalue weighted by Gasteiger charge is 2.26. The van der Waals surface area contributed by atoms with E-state index in [0.717, 1.165) is 17.3 Å². The van der Waals surface area contributed by atoms with Crippen LogP contribution in [0.15, 0.2) is 30.3 Å². The van der Waals surface area contributed by atoms with Crippen LogP contribution >= 0.6 is 23.2 Å².